The van der Waals surface area contributed by atoms with Gasteiger partial charge in [-0.05, 0) is 31.5 Å². The minimum absolute atomic E-state index is 0.0394. The smallest absolute Gasteiger partial charge is 0.302 e. The maximum absolute atomic E-state index is 12.7. The third-order valence-electron chi connectivity index (χ3n) is 5.46. The molecule has 2 N–H and O–H groups in total. The molecule has 0 radical (unpaired) electrons. The fraction of sp³-hybridized carbons (Fsp3) is 0.435. The Labute approximate surface area is 203 Å². The predicted molar refractivity (Wildman–Crippen MR) is 132 cm³/mol. The van der Waals surface area contributed by atoms with Crippen LogP contribution >= 0.6 is 11.6 Å². The van der Waals surface area contributed by atoms with Gasteiger partial charge in [-0.1, -0.05) is 37.6 Å². The number of nitrogens with zero attached hydrogens (tertiary/aromatic N) is 6. The van der Waals surface area contributed by atoms with Gasteiger partial charge in [-0.2, -0.15) is 15.0 Å². The minimum Gasteiger partial charge on any atom is -0.418 e. The largest absolute Gasteiger partial charge is 0.418 e. The number of anilines is 4. The number of amides is 1. The van der Waals surface area contributed by atoms with E-state index in [1.807, 2.05) is 19.1 Å². The highest BCUT2D eigenvalue weighted by Gasteiger charge is 2.20. The van der Waals surface area contributed by atoms with Gasteiger partial charge in [0.2, 0.25) is 17.7 Å². The van der Waals surface area contributed by atoms with Gasteiger partial charge in [-0.25, -0.2) is 4.98 Å². The van der Waals surface area contributed by atoms with Crippen molar-refractivity contribution in [1.82, 2.24) is 24.8 Å². The van der Waals surface area contributed by atoms with Gasteiger partial charge in [-0.3, -0.25) is 10.1 Å². The normalized spacial score (nSPS) is 14.5. The molecular formula is C23H29ClN8O2. The van der Waals surface area contributed by atoms with Gasteiger partial charge < -0.3 is 19.5 Å². The van der Waals surface area contributed by atoms with E-state index in [0.29, 0.717) is 40.8 Å². The second-order valence-electron chi connectivity index (χ2n) is 8.80. The number of piperazine rings is 1. The average molecular weight is 485 g/mol. The Balaban J connectivity index is 1.52. The van der Waals surface area contributed by atoms with Crippen LogP contribution in [-0.4, -0.2) is 64.0 Å². The lowest BCUT2D eigenvalue weighted by Gasteiger charge is -2.32. The quantitative estimate of drug-likeness (QED) is 0.517. The molecule has 1 aliphatic heterocycles. The first-order chi connectivity index (χ1) is 16.3. The predicted octanol–water partition coefficient (Wildman–Crippen LogP) is 3.77. The molecule has 0 saturated carbocycles. The van der Waals surface area contributed by atoms with Crippen LogP contribution < -0.4 is 15.5 Å². The van der Waals surface area contributed by atoms with Crippen LogP contribution in [0.2, 0.25) is 5.02 Å². The maximum Gasteiger partial charge on any atom is 0.302 e. The topological polar surface area (TPSA) is 112 Å². The lowest BCUT2D eigenvalue weighted by molar-refractivity contribution is 0.0997. The first kappa shape index (κ1) is 23.9. The number of benzene rings is 1. The van der Waals surface area contributed by atoms with Crippen LogP contribution in [0.5, 0.6) is 0 Å². The van der Waals surface area contributed by atoms with E-state index in [0.717, 1.165) is 31.7 Å². The number of halogens is 1. The number of likely N-dealkylation sites (N-methyl/N-ethyl adjacent to an activating group) is 1. The highest BCUT2D eigenvalue weighted by molar-refractivity contribution is 6.34. The second-order valence-corrected chi connectivity index (χ2v) is 9.21. The average Bonchev–Trinajstić information content (AvgIpc) is 3.25. The Kier molecular flexibility index (Phi) is 7.28. The molecule has 0 atom stereocenters. The van der Waals surface area contributed by atoms with E-state index < -0.39 is 5.91 Å². The summed E-state index contributed by atoms with van der Waals surface area (Å²) in [6.07, 6.45) is 2.07. The summed E-state index contributed by atoms with van der Waals surface area (Å²) in [7, 11) is 2.10. The summed E-state index contributed by atoms with van der Waals surface area (Å²) in [5, 5.41) is 6.21. The SMILES string of the molecule is Cc1cccc(Cl)c1NC(=O)c1cnc(Nc2nc(CC(C)C)nc(N3CCN(C)CC3)n2)o1. The number of carbonyl (C=O) groups is 1. The standard InChI is InChI=1S/C23H29ClN8O2/c1-14(2)12-18-26-21(29-22(27-18)32-10-8-31(4)9-11-32)30-23-25-13-17(34-23)20(33)28-19-15(3)6-5-7-16(19)24/h5-7,13-14H,8-12H2,1-4H3,(H,28,33)(H,25,26,27,29,30). The third kappa shape index (κ3) is 5.81. The van der Waals surface area contributed by atoms with Crippen molar-refractivity contribution in [3.05, 3.63) is 46.6 Å². The molecule has 3 aromatic rings. The molecule has 34 heavy (non-hydrogen) atoms. The number of hydrogen-bond acceptors (Lipinski definition) is 9. The molecular weight excluding hydrogens is 456 g/mol. The lowest BCUT2D eigenvalue weighted by Crippen LogP contribution is -2.45. The van der Waals surface area contributed by atoms with E-state index in [1.54, 1.807) is 6.07 Å². The van der Waals surface area contributed by atoms with Crippen LogP contribution in [-0.2, 0) is 6.42 Å². The molecule has 11 heteroatoms. The summed E-state index contributed by atoms with van der Waals surface area (Å²) < 4.78 is 5.62. The van der Waals surface area contributed by atoms with Gasteiger partial charge in [0.05, 0.1) is 16.9 Å². The third-order valence-corrected chi connectivity index (χ3v) is 5.77. The number of para-hydroxylation sites is 1. The molecule has 1 aromatic carbocycles. The first-order valence-corrected chi connectivity index (χ1v) is 11.6. The van der Waals surface area contributed by atoms with Crippen LogP contribution in [0, 0.1) is 12.8 Å². The van der Waals surface area contributed by atoms with Crippen LogP contribution in [0.3, 0.4) is 0 Å². The highest BCUT2D eigenvalue weighted by Crippen LogP contribution is 2.26. The van der Waals surface area contributed by atoms with Crippen molar-refractivity contribution in [3.63, 3.8) is 0 Å². The summed E-state index contributed by atoms with van der Waals surface area (Å²) in [6.45, 7) is 9.66. The zero-order chi connectivity index (χ0) is 24.2. The van der Waals surface area contributed by atoms with Crippen LogP contribution in [0.1, 0.15) is 35.8 Å². The Bertz CT molecular complexity index is 1140. The molecule has 2 aromatic heterocycles. The van der Waals surface area contributed by atoms with Crippen molar-refractivity contribution >= 4 is 41.1 Å². The van der Waals surface area contributed by atoms with Crippen LogP contribution in [0.4, 0.5) is 23.6 Å². The van der Waals surface area contributed by atoms with E-state index >= 15 is 0 Å². The van der Waals surface area contributed by atoms with Gasteiger partial charge >= 0.3 is 6.01 Å². The zero-order valence-electron chi connectivity index (χ0n) is 19.8. The van der Waals surface area contributed by atoms with Gasteiger partial charge in [0, 0.05) is 32.6 Å². The lowest BCUT2D eigenvalue weighted by atomic mass is 10.1. The zero-order valence-corrected chi connectivity index (χ0v) is 20.6. The van der Waals surface area contributed by atoms with Crippen molar-refractivity contribution < 1.29 is 9.21 Å². The van der Waals surface area contributed by atoms with Crippen molar-refractivity contribution in [2.75, 3.05) is 48.8 Å². The van der Waals surface area contributed by atoms with Crippen LogP contribution in [0.15, 0.2) is 28.8 Å². The summed E-state index contributed by atoms with van der Waals surface area (Å²) in [5.41, 5.74) is 1.38. The molecule has 1 aliphatic rings. The van der Waals surface area contributed by atoms with E-state index in [1.165, 1.54) is 6.20 Å². The number of oxazole rings is 1. The molecule has 10 nitrogen and oxygen atoms in total. The van der Waals surface area contributed by atoms with E-state index in [9.17, 15) is 4.79 Å². The van der Waals surface area contributed by atoms with E-state index in [4.69, 9.17) is 16.0 Å². The fourth-order valence-corrected chi connectivity index (χ4v) is 3.83. The summed E-state index contributed by atoms with van der Waals surface area (Å²) in [6, 6.07) is 5.52. The Morgan fingerprint density at radius 1 is 1.18 bits per heavy atom. The second kappa shape index (κ2) is 10.4. The monoisotopic (exact) mass is 484 g/mol. The molecule has 1 amide bonds. The van der Waals surface area contributed by atoms with Crippen molar-refractivity contribution in [3.8, 4) is 0 Å². The molecule has 0 aliphatic carbocycles. The number of aryl methyl sites for hydroxylation is 1. The number of hydrogen-bond donors (Lipinski definition) is 2. The van der Waals surface area contributed by atoms with Gasteiger partial charge in [0.15, 0.2) is 0 Å². The number of nitrogens with one attached hydrogen (secondary N) is 2. The fourth-order valence-electron chi connectivity index (χ4n) is 3.57. The summed E-state index contributed by atoms with van der Waals surface area (Å²) >= 11 is 6.21. The van der Waals surface area contributed by atoms with Gasteiger partial charge in [0.1, 0.15) is 5.82 Å². The van der Waals surface area contributed by atoms with Crippen molar-refractivity contribution in [2.24, 2.45) is 5.92 Å². The molecule has 4 rings (SSSR count). The minimum atomic E-state index is -0.453. The van der Waals surface area contributed by atoms with E-state index in [2.05, 4.69) is 61.3 Å². The molecule has 0 spiro atoms. The van der Waals surface area contributed by atoms with Crippen molar-refractivity contribution in [1.29, 1.82) is 0 Å². The molecule has 0 unspecified atom stereocenters. The maximum atomic E-state index is 12.7. The number of carbonyl (C=O) groups excluding carboxylic acids is 1. The van der Waals surface area contributed by atoms with Crippen LogP contribution in [0.25, 0.3) is 0 Å². The molecule has 180 valence electrons. The summed E-state index contributed by atoms with van der Waals surface area (Å²) in [5.74, 6) is 1.62. The molecule has 1 saturated heterocycles. The first-order valence-electron chi connectivity index (χ1n) is 11.3. The van der Waals surface area contributed by atoms with Gasteiger partial charge in [-0.15, -0.1) is 0 Å². The highest BCUT2D eigenvalue weighted by atomic mass is 35.5. The Morgan fingerprint density at radius 3 is 2.65 bits per heavy atom. The number of rotatable bonds is 7. The van der Waals surface area contributed by atoms with Crippen molar-refractivity contribution in [2.45, 2.75) is 27.2 Å². The number of aromatic nitrogens is 4. The summed E-state index contributed by atoms with van der Waals surface area (Å²) in [4.78, 5) is 35.1. The molecule has 1 fully saturated rings. The Morgan fingerprint density at radius 2 is 1.94 bits per heavy atom. The molecule has 0 bridgehead atoms. The molecule has 3 heterocycles. The van der Waals surface area contributed by atoms with E-state index in [-0.39, 0.29) is 11.8 Å². The van der Waals surface area contributed by atoms with Gasteiger partial charge in [0.25, 0.3) is 5.91 Å². The Hall–Kier alpha value is -3.24.